The van der Waals surface area contributed by atoms with Gasteiger partial charge in [-0.1, -0.05) is 35.9 Å². The van der Waals surface area contributed by atoms with Crippen LogP contribution in [-0.2, 0) is 0 Å². The molecule has 2 N–H and O–H groups in total. The van der Waals surface area contributed by atoms with Gasteiger partial charge in [-0.3, -0.25) is 0 Å². The molecule has 2 aromatic heterocycles. The standard InChI is InChI=1S/C10H7ClO2S.C10H8O2S/c1-5-2-3-6-7(4-5)14-9(8(6)11)10(12)13;1-6-2-3-7-5-9(10(11)12)13-8(7)4-6/h2-4H,1H3,(H,12,13);2-5H,1H3,(H,11,12). The Morgan fingerprint density at radius 3 is 2.11 bits per heavy atom. The first kappa shape index (κ1) is 19.4. The van der Waals surface area contributed by atoms with E-state index in [0.717, 1.165) is 31.3 Å². The quantitative estimate of drug-likeness (QED) is 0.391. The Bertz CT molecular complexity index is 1170. The number of aromatic carboxylic acids is 2. The molecule has 0 spiro atoms. The van der Waals surface area contributed by atoms with Crippen LogP contribution in [0.1, 0.15) is 30.5 Å². The number of hydrogen-bond donors (Lipinski definition) is 2. The van der Waals surface area contributed by atoms with E-state index in [1.807, 2.05) is 50.2 Å². The highest BCUT2D eigenvalue weighted by Gasteiger charge is 2.15. The molecule has 27 heavy (non-hydrogen) atoms. The molecule has 0 saturated carbocycles. The number of rotatable bonds is 2. The molecule has 0 aliphatic heterocycles. The minimum absolute atomic E-state index is 0.215. The molecule has 2 aromatic carbocycles. The fourth-order valence-corrected chi connectivity index (χ4v) is 5.00. The summed E-state index contributed by atoms with van der Waals surface area (Å²) in [5.74, 6) is -1.81. The monoisotopic (exact) mass is 418 g/mol. The van der Waals surface area contributed by atoms with E-state index in [9.17, 15) is 9.59 Å². The van der Waals surface area contributed by atoms with Gasteiger partial charge in [0.2, 0.25) is 0 Å². The molecule has 7 heteroatoms. The van der Waals surface area contributed by atoms with Gasteiger partial charge in [-0.25, -0.2) is 9.59 Å². The Labute approximate surface area is 168 Å². The van der Waals surface area contributed by atoms with Crippen LogP contribution in [0.15, 0.2) is 42.5 Å². The van der Waals surface area contributed by atoms with Gasteiger partial charge in [0.15, 0.2) is 0 Å². The lowest BCUT2D eigenvalue weighted by Gasteiger charge is -1.91. The first-order valence-corrected chi connectivity index (χ1v) is 9.93. The molecule has 0 bridgehead atoms. The molecular weight excluding hydrogens is 404 g/mol. The predicted octanol–water partition coefficient (Wildman–Crippen LogP) is 6.47. The van der Waals surface area contributed by atoms with E-state index in [-0.39, 0.29) is 4.88 Å². The zero-order valence-electron chi connectivity index (χ0n) is 14.4. The number of thiophene rings is 2. The SMILES string of the molecule is Cc1ccc2c(Cl)c(C(=O)O)sc2c1.Cc1ccc2cc(C(=O)O)sc2c1. The molecule has 0 saturated heterocycles. The van der Waals surface area contributed by atoms with Crippen LogP contribution in [0.4, 0.5) is 0 Å². The van der Waals surface area contributed by atoms with Crippen LogP contribution in [0.25, 0.3) is 20.2 Å². The maximum Gasteiger partial charge on any atom is 0.347 e. The van der Waals surface area contributed by atoms with Crippen LogP contribution < -0.4 is 0 Å². The highest BCUT2D eigenvalue weighted by molar-refractivity contribution is 7.21. The molecule has 0 radical (unpaired) electrons. The smallest absolute Gasteiger partial charge is 0.347 e. The van der Waals surface area contributed by atoms with Gasteiger partial charge in [-0.05, 0) is 48.6 Å². The van der Waals surface area contributed by atoms with Crippen LogP contribution >= 0.6 is 34.3 Å². The Balaban J connectivity index is 0.000000156. The average molecular weight is 419 g/mol. The minimum Gasteiger partial charge on any atom is -0.477 e. The van der Waals surface area contributed by atoms with Crippen LogP contribution in [0, 0.1) is 13.8 Å². The van der Waals surface area contributed by atoms with Gasteiger partial charge in [0.05, 0.1) is 5.02 Å². The van der Waals surface area contributed by atoms with Crippen molar-refractivity contribution in [3.8, 4) is 0 Å². The van der Waals surface area contributed by atoms with Gasteiger partial charge in [0, 0.05) is 14.8 Å². The third kappa shape index (κ3) is 4.13. The third-order valence-electron chi connectivity index (χ3n) is 3.87. The van der Waals surface area contributed by atoms with Crippen molar-refractivity contribution in [2.45, 2.75) is 13.8 Å². The molecule has 0 aliphatic carbocycles. The lowest BCUT2D eigenvalue weighted by Crippen LogP contribution is -1.91. The summed E-state index contributed by atoms with van der Waals surface area (Å²) in [6.45, 7) is 3.97. The number of aryl methyl sites for hydroxylation is 2. The topological polar surface area (TPSA) is 74.6 Å². The molecule has 2 heterocycles. The van der Waals surface area contributed by atoms with Crippen molar-refractivity contribution in [2.24, 2.45) is 0 Å². The molecule has 0 unspecified atom stereocenters. The normalized spacial score (nSPS) is 10.6. The van der Waals surface area contributed by atoms with Gasteiger partial charge in [0.25, 0.3) is 0 Å². The second-order valence-corrected chi connectivity index (χ2v) is 8.52. The molecule has 4 rings (SSSR count). The van der Waals surface area contributed by atoms with Crippen molar-refractivity contribution < 1.29 is 19.8 Å². The van der Waals surface area contributed by atoms with Crippen LogP contribution in [0.2, 0.25) is 5.02 Å². The Morgan fingerprint density at radius 2 is 1.48 bits per heavy atom. The molecular formula is C20H15ClO4S2. The fraction of sp³-hybridized carbons (Fsp3) is 0.100. The average Bonchev–Trinajstić information content (AvgIpc) is 3.16. The number of carbonyl (C=O) groups is 2. The number of benzene rings is 2. The van der Waals surface area contributed by atoms with Crippen LogP contribution in [-0.4, -0.2) is 22.2 Å². The summed E-state index contributed by atoms with van der Waals surface area (Å²) in [6.07, 6.45) is 0. The number of halogens is 1. The van der Waals surface area contributed by atoms with Gasteiger partial charge < -0.3 is 10.2 Å². The maximum atomic E-state index is 10.8. The van der Waals surface area contributed by atoms with Gasteiger partial charge in [-0.2, -0.15) is 0 Å². The zero-order valence-corrected chi connectivity index (χ0v) is 16.8. The second kappa shape index (κ2) is 7.68. The van der Waals surface area contributed by atoms with Crippen LogP contribution in [0.5, 0.6) is 0 Å². The third-order valence-corrected chi connectivity index (χ3v) is 6.60. The first-order valence-electron chi connectivity index (χ1n) is 7.91. The number of carboxylic acid groups (broad SMARTS) is 2. The summed E-state index contributed by atoms with van der Waals surface area (Å²) in [6, 6.07) is 13.4. The Hall–Kier alpha value is -2.41. The van der Waals surface area contributed by atoms with E-state index >= 15 is 0 Å². The fourth-order valence-electron chi connectivity index (χ4n) is 2.55. The molecule has 0 aliphatic rings. The Kier molecular flexibility index (Phi) is 5.51. The lowest BCUT2D eigenvalue weighted by atomic mass is 10.2. The van der Waals surface area contributed by atoms with Crippen molar-refractivity contribution in [2.75, 3.05) is 0 Å². The highest BCUT2D eigenvalue weighted by Crippen LogP contribution is 2.35. The van der Waals surface area contributed by atoms with Gasteiger partial charge in [0.1, 0.15) is 9.75 Å². The van der Waals surface area contributed by atoms with Crippen molar-refractivity contribution in [1.29, 1.82) is 0 Å². The molecule has 0 fully saturated rings. The van der Waals surface area contributed by atoms with Crippen molar-refractivity contribution in [3.63, 3.8) is 0 Å². The van der Waals surface area contributed by atoms with Crippen molar-refractivity contribution in [1.82, 2.24) is 0 Å². The summed E-state index contributed by atoms with van der Waals surface area (Å²) >= 11 is 8.47. The van der Waals surface area contributed by atoms with Gasteiger partial charge in [-0.15, -0.1) is 22.7 Å². The maximum absolute atomic E-state index is 10.8. The zero-order chi connectivity index (χ0) is 19.7. The van der Waals surface area contributed by atoms with Crippen molar-refractivity contribution >= 4 is 66.4 Å². The minimum atomic E-state index is -0.964. The lowest BCUT2D eigenvalue weighted by molar-refractivity contribution is 0.0691. The van der Waals surface area contributed by atoms with E-state index in [0.29, 0.717) is 9.90 Å². The summed E-state index contributed by atoms with van der Waals surface area (Å²) in [4.78, 5) is 22.1. The predicted molar refractivity (Wildman–Crippen MR) is 112 cm³/mol. The summed E-state index contributed by atoms with van der Waals surface area (Å²) in [5, 5.41) is 19.8. The van der Waals surface area contributed by atoms with Crippen LogP contribution in [0.3, 0.4) is 0 Å². The summed E-state index contributed by atoms with van der Waals surface area (Å²) < 4.78 is 1.96. The van der Waals surface area contributed by atoms with E-state index < -0.39 is 11.9 Å². The molecule has 138 valence electrons. The highest BCUT2D eigenvalue weighted by atomic mass is 35.5. The summed E-state index contributed by atoms with van der Waals surface area (Å²) in [7, 11) is 0. The molecule has 4 aromatic rings. The van der Waals surface area contributed by atoms with Crippen molar-refractivity contribution in [3.05, 3.63) is 68.4 Å². The Morgan fingerprint density at radius 1 is 0.852 bits per heavy atom. The number of hydrogen-bond acceptors (Lipinski definition) is 4. The number of fused-ring (bicyclic) bond motifs is 2. The molecule has 4 nitrogen and oxygen atoms in total. The summed E-state index contributed by atoms with van der Waals surface area (Å²) in [5.41, 5.74) is 2.26. The first-order chi connectivity index (χ1) is 12.8. The van der Waals surface area contributed by atoms with E-state index in [1.54, 1.807) is 6.07 Å². The largest absolute Gasteiger partial charge is 0.477 e. The van der Waals surface area contributed by atoms with E-state index in [2.05, 4.69) is 0 Å². The molecule has 0 amide bonds. The number of carboxylic acids is 2. The van der Waals surface area contributed by atoms with Gasteiger partial charge >= 0.3 is 11.9 Å². The second-order valence-electron chi connectivity index (χ2n) is 6.01. The molecule has 0 atom stereocenters. The van der Waals surface area contributed by atoms with E-state index in [1.165, 1.54) is 22.7 Å². The van der Waals surface area contributed by atoms with E-state index in [4.69, 9.17) is 21.8 Å².